The van der Waals surface area contributed by atoms with E-state index in [9.17, 15) is 0 Å². The van der Waals surface area contributed by atoms with E-state index in [1.807, 2.05) is 11.3 Å². The molecule has 0 unspecified atom stereocenters. The highest BCUT2D eigenvalue weighted by molar-refractivity contribution is 8.17. The van der Waals surface area contributed by atoms with Crippen LogP contribution < -0.4 is 0 Å². The third kappa shape index (κ3) is 2.27. The van der Waals surface area contributed by atoms with Crippen molar-refractivity contribution in [3.05, 3.63) is 17.0 Å². The molecule has 0 aliphatic heterocycles. The van der Waals surface area contributed by atoms with Crippen molar-refractivity contribution in [2.75, 3.05) is 12.5 Å². The first-order valence-electron chi connectivity index (χ1n) is 4.17. The van der Waals surface area contributed by atoms with E-state index in [1.165, 1.54) is 5.56 Å². The van der Waals surface area contributed by atoms with Crippen molar-refractivity contribution < 1.29 is 0 Å². The summed E-state index contributed by atoms with van der Waals surface area (Å²) < 4.78 is 1.56. The van der Waals surface area contributed by atoms with Crippen molar-refractivity contribution in [1.82, 2.24) is 0 Å². The fourth-order valence-electron chi connectivity index (χ4n) is 0.953. The lowest BCUT2D eigenvalue weighted by molar-refractivity contribution is 0.592. The van der Waals surface area contributed by atoms with E-state index in [4.69, 9.17) is 0 Å². The molecule has 1 aromatic rings. The SMILES string of the molecule is C[SH](C)c1cc(C(C)(C)C)cs1. The second kappa shape index (κ2) is 3.43. The molecule has 0 aromatic carbocycles. The predicted octanol–water partition coefficient (Wildman–Crippen LogP) is 3.67. The van der Waals surface area contributed by atoms with Crippen LogP contribution in [0.2, 0.25) is 0 Å². The van der Waals surface area contributed by atoms with Crippen LogP contribution in [0.1, 0.15) is 26.3 Å². The second-order valence-corrected chi connectivity index (χ2v) is 7.80. The smallest absolute Gasteiger partial charge is 0.0401 e. The summed E-state index contributed by atoms with van der Waals surface area (Å²) in [6.45, 7) is 6.81. The topological polar surface area (TPSA) is 0 Å². The number of rotatable bonds is 1. The van der Waals surface area contributed by atoms with Crippen LogP contribution >= 0.6 is 22.2 Å². The van der Waals surface area contributed by atoms with Crippen molar-refractivity contribution in [2.45, 2.75) is 30.4 Å². The highest BCUT2D eigenvalue weighted by Crippen LogP contribution is 2.37. The molecule has 0 spiro atoms. The van der Waals surface area contributed by atoms with Crippen molar-refractivity contribution in [1.29, 1.82) is 0 Å². The van der Waals surface area contributed by atoms with Gasteiger partial charge >= 0.3 is 0 Å². The lowest BCUT2D eigenvalue weighted by Gasteiger charge is -2.16. The van der Waals surface area contributed by atoms with Gasteiger partial charge in [-0.2, -0.15) is 0 Å². The molecule has 1 heterocycles. The molecule has 1 rings (SSSR count). The van der Waals surface area contributed by atoms with Crippen molar-refractivity contribution >= 4 is 22.2 Å². The van der Waals surface area contributed by atoms with Gasteiger partial charge in [-0.15, -0.1) is 11.3 Å². The molecule has 0 aliphatic rings. The lowest BCUT2D eigenvalue weighted by Crippen LogP contribution is -2.08. The molecule has 0 amide bonds. The standard InChI is InChI=1S/C10H18S2/c1-10(2,3)8-6-9(11-7-8)12(4)5/h6-7,12H,1-5H3. The monoisotopic (exact) mass is 202 g/mol. The Bertz CT molecular complexity index is 253. The van der Waals surface area contributed by atoms with Crippen LogP contribution in [-0.4, -0.2) is 12.5 Å². The number of hydrogen-bond acceptors (Lipinski definition) is 1. The Balaban J connectivity index is 2.92. The van der Waals surface area contributed by atoms with Crippen LogP contribution in [0.15, 0.2) is 15.7 Å². The largest absolute Gasteiger partial charge is 0.224 e. The summed E-state index contributed by atoms with van der Waals surface area (Å²) >= 11 is 1.91. The van der Waals surface area contributed by atoms with Gasteiger partial charge in [0.2, 0.25) is 0 Å². The Labute approximate surface area is 82.4 Å². The maximum absolute atomic E-state index is 2.37. The van der Waals surface area contributed by atoms with E-state index in [1.54, 1.807) is 4.21 Å². The van der Waals surface area contributed by atoms with Crippen LogP contribution in [0.5, 0.6) is 0 Å². The normalized spacial score (nSPS) is 13.2. The molecule has 0 bridgehead atoms. The summed E-state index contributed by atoms with van der Waals surface area (Å²) in [5.74, 6) is 0. The van der Waals surface area contributed by atoms with E-state index in [0.717, 1.165) is 0 Å². The number of thiophene rings is 1. The molecule has 0 saturated heterocycles. The van der Waals surface area contributed by atoms with Crippen molar-refractivity contribution in [3.8, 4) is 0 Å². The summed E-state index contributed by atoms with van der Waals surface area (Å²) in [7, 11) is 0.0966. The fraction of sp³-hybridized carbons (Fsp3) is 0.600. The Morgan fingerprint density at radius 1 is 1.25 bits per heavy atom. The average Bonchev–Trinajstić information content (AvgIpc) is 2.30. The van der Waals surface area contributed by atoms with Crippen molar-refractivity contribution in [2.24, 2.45) is 0 Å². The Kier molecular flexibility index (Phi) is 2.89. The maximum Gasteiger partial charge on any atom is 0.0401 e. The Hall–Kier alpha value is 0.0500. The van der Waals surface area contributed by atoms with Gasteiger partial charge in [-0.3, -0.25) is 0 Å². The third-order valence-corrected chi connectivity index (χ3v) is 5.05. The van der Waals surface area contributed by atoms with E-state index >= 15 is 0 Å². The number of thiol groups is 1. The summed E-state index contributed by atoms with van der Waals surface area (Å²) in [6.07, 6.45) is 4.63. The quantitative estimate of drug-likeness (QED) is 0.660. The second-order valence-electron chi connectivity index (χ2n) is 4.32. The predicted molar refractivity (Wildman–Crippen MR) is 62.1 cm³/mol. The highest BCUT2D eigenvalue weighted by Gasteiger charge is 2.15. The molecular weight excluding hydrogens is 184 g/mol. The van der Waals surface area contributed by atoms with Crippen LogP contribution in [0.25, 0.3) is 0 Å². The average molecular weight is 202 g/mol. The lowest BCUT2D eigenvalue weighted by atomic mass is 9.90. The summed E-state index contributed by atoms with van der Waals surface area (Å²) in [4.78, 5) is 0. The molecule has 0 saturated carbocycles. The molecule has 0 radical (unpaired) electrons. The Morgan fingerprint density at radius 3 is 2.08 bits per heavy atom. The van der Waals surface area contributed by atoms with E-state index in [-0.39, 0.29) is 10.9 Å². The van der Waals surface area contributed by atoms with E-state index < -0.39 is 0 Å². The molecular formula is C10H18S2. The highest BCUT2D eigenvalue weighted by atomic mass is 32.2. The van der Waals surface area contributed by atoms with Gasteiger partial charge in [0.05, 0.1) is 0 Å². The summed E-state index contributed by atoms with van der Waals surface area (Å²) in [5.41, 5.74) is 1.80. The number of hydrogen-bond donors (Lipinski definition) is 1. The molecule has 1 aromatic heterocycles. The Morgan fingerprint density at radius 2 is 1.83 bits per heavy atom. The van der Waals surface area contributed by atoms with Gasteiger partial charge in [-0.1, -0.05) is 20.8 Å². The molecule has 0 atom stereocenters. The van der Waals surface area contributed by atoms with E-state index in [0.29, 0.717) is 5.41 Å². The van der Waals surface area contributed by atoms with Crippen LogP contribution in [-0.2, 0) is 5.41 Å². The molecule has 70 valence electrons. The first-order valence-corrected chi connectivity index (χ1v) is 7.29. The van der Waals surface area contributed by atoms with Gasteiger partial charge in [0.15, 0.2) is 0 Å². The van der Waals surface area contributed by atoms with Crippen LogP contribution in [0.3, 0.4) is 0 Å². The van der Waals surface area contributed by atoms with Crippen LogP contribution in [0, 0.1) is 0 Å². The molecule has 0 fully saturated rings. The van der Waals surface area contributed by atoms with Gasteiger partial charge in [0.1, 0.15) is 0 Å². The summed E-state index contributed by atoms with van der Waals surface area (Å²) in [6, 6.07) is 2.37. The minimum absolute atomic E-state index is 0.0966. The van der Waals surface area contributed by atoms with Gasteiger partial charge in [0, 0.05) is 4.21 Å². The van der Waals surface area contributed by atoms with Gasteiger partial charge in [-0.25, -0.2) is 10.9 Å². The van der Waals surface area contributed by atoms with Crippen molar-refractivity contribution in [3.63, 3.8) is 0 Å². The molecule has 0 aliphatic carbocycles. The molecule has 0 nitrogen and oxygen atoms in total. The zero-order chi connectivity index (χ0) is 9.35. The van der Waals surface area contributed by atoms with E-state index in [2.05, 4.69) is 44.7 Å². The minimum Gasteiger partial charge on any atom is -0.224 e. The van der Waals surface area contributed by atoms with Crippen LogP contribution in [0.4, 0.5) is 0 Å². The molecule has 12 heavy (non-hydrogen) atoms. The molecule has 2 heteroatoms. The fourth-order valence-corrected chi connectivity index (χ4v) is 3.22. The summed E-state index contributed by atoms with van der Waals surface area (Å²) in [5, 5.41) is 2.30. The minimum atomic E-state index is 0.0966. The first-order chi connectivity index (χ1) is 5.41. The maximum atomic E-state index is 2.37. The molecule has 0 N–H and O–H groups in total. The zero-order valence-corrected chi connectivity index (χ0v) is 10.2. The zero-order valence-electron chi connectivity index (χ0n) is 8.51. The first kappa shape index (κ1) is 10.1. The van der Waals surface area contributed by atoms with Gasteiger partial charge in [0.25, 0.3) is 0 Å². The van der Waals surface area contributed by atoms with Gasteiger partial charge < -0.3 is 0 Å². The van der Waals surface area contributed by atoms with Gasteiger partial charge in [-0.05, 0) is 34.9 Å². The third-order valence-electron chi connectivity index (χ3n) is 1.89.